The Morgan fingerprint density at radius 3 is 1.29 bits per heavy atom. The van der Waals surface area contributed by atoms with Crippen molar-refractivity contribution in [3.63, 3.8) is 0 Å². The maximum atomic E-state index is 11.8. The minimum atomic E-state index is -0.757. The average Bonchev–Trinajstić information content (AvgIpc) is 2.87. The van der Waals surface area contributed by atoms with Gasteiger partial charge in [0, 0.05) is 12.2 Å². The first-order valence-electron chi connectivity index (χ1n) is 9.90. The lowest BCUT2D eigenvalue weighted by Crippen LogP contribution is -2.19. The second-order valence-corrected chi connectivity index (χ2v) is 6.65. The Kier molecular flexibility index (Phi) is 9.93. The smallest absolute Gasteiger partial charge is 0.337 e. The molecule has 0 amide bonds. The summed E-state index contributed by atoms with van der Waals surface area (Å²) in [6, 6.07) is 12.6. The summed E-state index contributed by atoms with van der Waals surface area (Å²) in [5.41, 5.74) is 2.01. The first-order valence-corrected chi connectivity index (χ1v) is 9.90. The van der Waals surface area contributed by atoms with Gasteiger partial charge in [0.05, 0.1) is 25.3 Å². The Hall–Kier alpha value is -4.53. The largest absolute Gasteiger partial charge is 0.465 e. The maximum Gasteiger partial charge on any atom is 0.337 e. The molecular formula is C25H22O9. The number of carbonyl (C=O) groups excluding carboxylic acids is 5. The van der Waals surface area contributed by atoms with Crippen molar-refractivity contribution in [3.05, 3.63) is 82.9 Å². The van der Waals surface area contributed by atoms with Gasteiger partial charge in [-0.05, 0) is 47.5 Å². The van der Waals surface area contributed by atoms with E-state index in [1.807, 2.05) is 0 Å². The second-order valence-electron chi connectivity index (χ2n) is 6.65. The van der Waals surface area contributed by atoms with Crippen LogP contribution in [0.25, 0.3) is 12.2 Å². The summed E-state index contributed by atoms with van der Waals surface area (Å²) in [5.74, 6) is -3.06. The monoisotopic (exact) mass is 466 g/mol. The standard InChI is InChI=1S/C25H22O9/c1-31-24(29)19-9-3-17(4-10-19)7-13-22(27)33-15-21(26)16-34-23(28)14-8-18-5-11-20(12-6-18)25(30)32-2/h3-14H,15-16H2,1-2H3/b13-7+,14-8+. The third kappa shape index (κ3) is 8.54. The highest BCUT2D eigenvalue weighted by molar-refractivity contribution is 5.93. The Morgan fingerprint density at radius 1 is 0.618 bits per heavy atom. The van der Waals surface area contributed by atoms with Crippen molar-refractivity contribution in [3.8, 4) is 0 Å². The normalized spacial score (nSPS) is 10.6. The molecule has 0 heterocycles. The Balaban J connectivity index is 1.72. The average molecular weight is 466 g/mol. The number of methoxy groups -OCH3 is 2. The van der Waals surface area contributed by atoms with Crippen LogP contribution in [0.4, 0.5) is 0 Å². The van der Waals surface area contributed by atoms with Crippen molar-refractivity contribution in [2.45, 2.75) is 0 Å². The number of Topliss-reactive ketones (excluding diaryl/α,β-unsaturated/α-hetero) is 1. The van der Waals surface area contributed by atoms with Crippen LogP contribution < -0.4 is 0 Å². The van der Waals surface area contributed by atoms with Crippen molar-refractivity contribution in [1.29, 1.82) is 0 Å². The number of esters is 4. The number of benzene rings is 2. The molecule has 0 aliphatic carbocycles. The minimum Gasteiger partial charge on any atom is -0.465 e. The van der Waals surface area contributed by atoms with E-state index in [1.54, 1.807) is 48.5 Å². The van der Waals surface area contributed by atoms with Crippen LogP contribution in [0, 0.1) is 0 Å². The Labute approximate surface area is 195 Å². The highest BCUT2D eigenvalue weighted by Gasteiger charge is 2.09. The van der Waals surface area contributed by atoms with Crippen LogP contribution in [0.1, 0.15) is 31.8 Å². The van der Waals surface area contributed by atoms with E-state index in [9.17, 15) is 24.0 Å². The zero-order valence-electron chi connectivity index (χ0n) is 18.5. The predicted molar refractivity (Wildman–Crippen MR) is 121 cm³/mol. The summed E-state index contributed by atoms with van der Waals surface area (Å²) in [6.07, 6.45) is 5.16. The highest BCUT2D eigenvalue weighted by atomic mass is 16.6. The molecule has 0 saturated heterocycles. The number of hydrogen-bond donors (Lipinski definition) is 0. The first kappa shape index (κ1) is 25.7. The van der Waals surface area contributed by atoms with Crippen LogP contribution >= 0.6 is 0 Å². The van der Waals surface area contributed by atoms with Crippen molar-refractivity contribution in [2.24, 2.45) is 0 Å². The molecule has 34 heavy (non-hydrogen) atoms. The van der Waals surface area contributed by atoms with Crippen molar-refractivity contribution in [2.75, 3.05) is 27.4 Å². The van der Waals surface area contributed by atoms with Gasteiger partial charge in [0.15, 0.2) is 13.2 Å². The molecule has 0 aliphatic rings. The molecule has 0 N–H and O–H groups in total. The molecule has 176 valence electrons. The zero-order valence-corrected chi connectivity index (χ0v) is 18.5. The maximum absolute atomic E-state index is 11.8. The van der Waals surface area contributed by atoms with Crippen molar-refractivity contribution < 1.29 is 42.9 Å². The van der Waals surface area contributed by atoms with E-state index in [0.717, 1.165) is 12.2 Å². The molecule has 0 aromatic heterocycles. The summed E-state index contributed by atoms with van der Waals surface area (Å²) in [4.78, 5) is 58.0. The Morgan fingerprint density at radius 2 is 0.971 bits per heavy atom. The first-order chi connectivity index (χ1) is 16.3. The number of rotatable bonds is 10. The molecule has 0 atom stereocenters. The lowest BCUT2D eigenvalue weighted by molar-refractivity contribution is -0.148. The topological polar surface area (TPSA) is 122 Å². The summed E-state index contributed by atoms with van der Waals surface area (Å²) < 4.78 is 18.8. The van der Waals surface area contributed by atoms with E-state index in [-0.39, 0.29) is 0 Å². The number of ether oxygens (including phenoxy) is 4. The van der Waals surface area contributed by atoms with E-state index in [1.165, 1.54) is 26.4 Å². The summed E-state index contributed by atoms with van der Waals surface area (Å²) in [5, 5.41) is 0. The molecular weight excluding hydrogens is 444 g/mol. The predicted octanol–water partition coefficient (Wildman–Crippen LogP) is 2.64. The van der Waals surface area contributed by atoms with E-state index in [4.69, 9.17) is 9.47 Å². The van der Waals surface area contributed by atoms with Gasteiger partial charge < -0.3 is 18.9 Å². The SMILES string of the molecule is COC(=O)c1ccc(/C=C/C(=O)OCC(=O)COC(=O)/C=C/c2ccc(C(=O)OC)cc2)cc1. The van der Waals surface area contributed by atoms with Gasteiger partial charge in [0.1, 0.15) is 0 Å². The number of ketones is 1. The zero-order chi connectivity index (χ0) is 24.9. The van der Waals surface area contributed by atoms with Gasteiger partial charge >= 0.3 is 23.9 Å². The quantitative estimate of drug-likeness (QED) is 0.295. The molecule has 9 nitrogen and oxygen atoms in total. The molecule has 0 fully saturated rings. The molecule has 9 heteroatoms. The molecule has 0 saturated carbocycles. The molecule has 2 rings (SSSR count). The van der Waals surface area contributed by atoms with Crippen LogP contribution in [0.5, 0.6) is 0 Å². The molecule has 2 aromatic carbocycles. The van der Waals surface area contributed by atoms with Crippen LogP contribution in [-0.4, -0.2) is 57.1 Å². The van der Waals surface area contributed by atoms with Crippen LogP contribution in [-0.2, 0) is 33.3 Å². The highest BCUT2D eigenvalue weighted by Crippen LogP contribution is 2.08. The summed E-state index contributed by atoms with van der Waals surface area (Å²) in [7, 11) is 2.56. The lowest BCUT2D eigenvalue weighted by Gasteiger charge is -2.03. The van der Waals surface area contributed by atoms with E-state index < -0.39 is 42.9 Å². The van der Waals surface area contributed by atoms with Crippen molar-refractivity contribution >= 4 is 41.8 Å². The van der Waals surface area contributed by atoms with Crippen LogP contribution in [0.15, 0.2) is 60.7 Å². The fourth-order valence-electron chi connectivity index (χ4n) is 2.47. The molecule has 0 radical (unpaired) electrons. The van der Waals surface area contributed by atoms with E-state index >= 15 is 0 Å². The van der Waals surface area contributed by atoms with Gasteiger partial charge in [-0.2, -0.15) is 0 Å². The fraction of sp³-hybridized carbons (Fsp3) is 0.160. The molecule has 0 aliphatic heterocycles. The van der Waals surface area contributed by atoms with Gasteiger partial charge in [-0.1, -0.05) is 24.3 Å². The Bertz CT molecular complexity index is 1010. The van der Waals surface area contributed by atoms with Gasteiger partial charge in [0.2, 0.25) is 5.78 Å². The van der Waals surface area contributed by atoms with Crippen LogP contribution in [0.3, 0.4) is 0 Å². The molecule has 0 bridgehead atoms. The third-order valence-corrected chi connectivity index (χ3v) is 4.24. The summed E-state index contributed by atoms with van der Waals surface area (Å²) in [6.45, 7) is -1.12. The van der Waals surface area contributed by atoms with Gasteiger partial charge in [-0.25, -0.2) is 19.2 Å². The van der Waals surface area contributed by atoms with Crippen LogP contribution in [0.2, 0.25) is 0 Å². The van der Waals surface area contributed by atoms with Gasteiger partial charge in [-0.3, -0.25) is 4.79 Å². The third-order valence-electron chi connectivity index (χ3n) is 4.24. The summed E-state index contributed by atoms with van der Waals surface area (Å²) >= 11 is 0. The van der Waals surface area contributed by atoms with E-state index in [0.29, 0.717) is 22.3 Å². The van der Waals surface area contributed by atoms with E-state index in [2.05, 4.69) is 9.47 Å². The minimum absolute atomic E-state index is 0.369. The lowest BCUT2D eigenvalue weighted by atomic mass is 10.1. The number of carbonyl (C=O) groups is 5. The molecule has 0 unspecified atom stereocenters. The molecule has 0 spiro atoms. The van der Waals surface area contributed by atoms with Gasteiger partial charge in [0.25, 0.3) is 0 Å². The molecule has 2 aromatic rings. The van der Waals surface area contributed by atoms with Crippen molar-refractivity contribution in [1.82, 2.24) is 0 Å². The second kappa shape index (κ2) is 13.1. The van der Waals surface area contributed by atoms with Gasteiger partial charge in [-0.15, -0.1) is 0 Å². The number of hydrogen-bond acceptors (Lipinski definition) is 9. The fourth-order valence-corrected chi connectivity index (χ4v) is 2.47.